The summed E-state index contributed by atoms with van der Waals surface area (Å²) in [6.45, 7) is 5.58. The molecule has 0 atom stereocenters. The van der Waals surface area contributed by atoms with Crippen LogP contribution >= 0.6 is 0 Å². The van der Waals surface area contributed by atoms with Gasteiger partial charge in [0.1, 0.15) is 0 Å². The van der Waals surface area contributed by atoms with Gasteiger partial charge in [-0.05, 0) is 43.5 Å². The number of hydrogen-bond donors (Lipinski definition) is 1. The summed E-state index contributed by atoms with van der Waals surface area (Å²) in [6.07, 6.45) is -3.63. The third-order valence-corrected chi connectivity index (χ3v) is 3.66. The summed E-state index contributed by atoms with van der Waals surface area (Å²) in [5, 5.41) is 4.35. The van der Waals surface area contributed by atoms with E-state index in [0.717, 1.165) is 29.4 Å². The van der Waals surface area contributed by atoms with Gasteiger partial charge >= 0.3 is 6.18 Å². The van der Waals surface area contributed by atoms with Crippen LogP contribution in [0, 0.1) is 13.8 Å². The van der Waals surface area contributed by atoms with Crippen LogP contribution in [0.3, 0.4) is 0 Å². The minimum Gasteiger partial charge on any atom is -0.326 e. The normalized spacial score (nSPS) is 12.0. The molecule has 1 aromatic carbocycles. The van der Waals surface area contributed by atoms with E-state index in [1.807, 2.05) is 20.8 Å². The second-order valence-electron chi connectivity index (χ2n) is 4.96. The Morgan fingerprint density at radius 1 is 1.24 bits per heavy atom. The molecule has 0 bridgehead atoms. The number of hydrogen-bond acceptors (Lipinski definition) is 2. The van der Waals surface area contributed by atoms with Crippen molar-refractivity contribution in [3.63, 3.8) is 0 Å². The average Bonchev–Trinajstić information content (AvgIpc) is 2.71. The number of nitrogens with zero attached hydrogens (tertiary/aromatic N) is 2. The molecule has 6 heteroatoms. The highest BCUT2D eigenvalue weighted by molar-refractivity contribution is 5.44. The van der Waals surface area contributed by atoms with Gasteiger partial charge in [0.15, 0.2) is 0 Å². The van der Waals surface area contributed by atoms with Gasteiger partial charge in [-0.2, -0.15) is 18.3 Å². The van der Waals surface area contributed by atoms with Crippen molar-refractivity contribution in [2.24, 2.45) is 5.73 Å². The van der Waals surface area contributed by atoms with Gasteiger partial charge < -0.3 is 5.73 Å². The lowest BCUT2D eigenvalue weighted by Gasteiger charge is -2.14. The highest BCUT2D eigenvalue weighted by atomic mass is 19.4. The van der Waals surface area contributed by atoms with Crippen LogP contribution < -0.4 is 5.73 Å². The molecule has 0 fully saturated rings. The van der Waals surface area contributed by atoms with Crippen LogP contribution in [0.4, 0.5) is 13.2 Å². The van der Waals surface area contributed by atoms with Crippen molar-refractivity contribution in [3.05, 3.63) is 46.3 Å². The van der Waals surface area contributed by atoms with Crippen molar-refractivity contribution >= 4 is 0 Å². The van der Waals surface area contributed by atoms with Gasteiger partial charge in [0, 0.05) is 12.2 Å². The third-order valence-electron chi connectivity index (χ3n) is 3.66. The number of halogens is 3. The van der Waals surface area contributed by atoms with E-state index < -0.39 is 11.7 Å². The maximum Gasteiger partial charge on any atom is 0.416 e. The van der Waals surface area contributed by atoms with Gasteiger partial charge in [-0.15, -0.1) is 0 Å². The van der Waals surface area contributed by atoms with E-state index in [1.54, 1.807) is 10.7 Å². The molecule has 3 nitrogen and oxygen atoms in total. The van der Waals surface area contributed by atoms with Crippen molar-refractivity contribution in [3.8, 4) is 5.69 Å². The molecule has 2 rings (SSSR count). The average molecular weight is 297 g/mol. The zero-order valence-electron chi connectivity index (χ0n) is 12.3. The standard InChI is InChI=1S/C15H18F3N3/c1-4-13-9(2)20-21(10(13)3)12-6-5-11(8-19)14(7-12)15(16,17)18/h5-7H,4,8,19H2,1-3H3. The molecule has 0 saturated heterocycles. The molecule has 0 aliphatic heterocycles. The highest BCUT2D eigenvalue weighted by Gasteiger charge is 2.33. The Labute approximate surface area is 121 Å². The molecule has 1 heterocycles. The lowest BCUT2D eigenvalue weighted by atomic mass is 10.1. The lowest BCUT2D eigenvalue weighted by Crippen LogP contribution is -2.13. The van der Waals surface area contributed by atoms with Crippen molar-refractivity contribution in [1.82, 2.24) is 9.78 Å². The summed E-state index contributed by atoms with van der Waals surface area (Å²) >= 11 is 0. The van der Waals surface area contributed by atoms with E-state index >= 15 is 0 Å². The van der Waals surface area contributed by atoms with Gasteiger partial charge in [0.25, 0.3) is 0 Å². The molecule has 0 unspecified atom stereocenters. The second kappa shape index (κ2) is 5.52. The molecule has 1 aromatic heterocycles. The predicted octanol–water partition coefficient (Wildman–Crippen LogP) is 3.53. The summed E-state index contributed by atoms with van der Waals surface area (Å²) < 4.78 is 40.9. The first kappa shape index (κ1) is 15.6. The Bertz CT molecular complexity index is 657. The summed E-state index contributed by atoms with van der Waals surface area (Å²) in [4.78, 5) is 0. The first-order valence-corrected chi connectivity index (χ1v) is 6.75. The van der Waals surface area contributed by atoms with E-state index in [-0.39, 0.29) is 12.1 Å². The molecule has 0 amide bonds. The number of rotatable bonds is 3. The Balaban J connectivity index is 2.61. The molecule has 0 aliphatic carbocycles. The Kier molecular flexibility index (Phi) is 4.09. The maximum absolute atomic E-state index is 13.1. The summed E-state index contributed by atoms with van der Waals surface area (Å²) in [5.41, 5.74) is 7.95. The monoisotopic (exact) mass is 297 g/mol. The van der Waals surface area contributed by atoms with Crippen molar-refractivity contribution in [2.45, 2.75) is 39.9 Å². The van der Waals surface area contributed by atoms with Crippen LogP contribution in [-0.2, 0) is 19.1 Å². The fourth-order valence-corrected chi connectivity index (χ4v) is 2.58. The van der Waals surface area contributed by atoms with Gasteiger partial charge in [-0.25, -0.2) is 4.68 Å². The van der Waals surface area contributed by atoms with E-state index in [9.17, 15) is 13.2 Å². The molecular weight excluding hydrogens is 279 g/mol. The van der Waals surface area contributed by atoms with E-state index in [0.29, 0.717) is 5.69 Å². The smallest absolute Gasteiger partial charge is 0.326 e. The third kappa shape index (κ3) is 2.81. The second-order valence-corrected chi connectivity index (χ2v) is 4.96. The molecular formula is C15H18F3N3. The van der Waals surface area contributed by atoms with E-state index in [2.05, 4.69) is 5.10 Å². The lowest BCUT2D eigenvalue weighted by molar-refractivity contribution is -0.138. The van der Waals surface area contributed by atoms with Crippen LogP contribution in [0.2, 0.25) is 0 Å². The maximum atomic E-state index is 13.1. The Morgan fingerprint density at radius 2 is 1.90 bits per heavy atom. The van der Waals surface area contributed by atoms with Crippen molar-refractivity contribution in [2.75, 3.05) is 0 Å². The first-order valence-electron chi connectivity index (χ1n) is 6.75. The molecule has 2 aromatic rings. The number of aryl methyl sites for hydroxylation is 1. The van der Waals surface area contributed by atoms with Crippen LogP contribution in [0.25, 0.3) is 5.69 Å². The highest BCUT2D eigenvalue weighted by Crippen LogP contribution is 2.33. The van der Waals surface area contributed by atoms with Crippen LogP contribution in [0.1, 0.15) is 35.0 Å². The fourth-order valence-electron chi connectivity index (χ4n) is 2.58. The molecule has 0 radical (unpaired) electrons. The number of aromatic nitrogens is 2. The molecule has 0 aliphatic rings. The minimum atomic E-state index is -4.42. The number of nitrogens with two attached hydrogens (primary N) is 1. The SMILES string of the molecule is CCc1c(C)nn(-c2ccc(CN)c(C(F)(F)F)c2)c1C. The largest absolute Gasteiger partial charge is 0.416 e. The summed E-state index contributed by atoms with van der Waals surface area (Å²) in [6, 6.07) is 4.15. The van der Waals surface area contributed by atoms with Gasteiger partial charge in [-0.1, -0.05) is 13.0 Å². The summed E-state index contributed by atoms with van der Waals surface area (Å²) in [5.74, 6) is 0. The molecule has 2 N–H and O–H groups in total. The fraction of sp³-hybridized carbons (Fsp3) is 0.400. The zero-order chi connectivity index (χ0) is 15.8. The molecule has 21 heavy (non-hydrogen) atoms. The van der Waals surface area contributed by atoms with E-state index in [4.69, 9.17) is 5.73 Å². The zero-order valence-corrected chi connectivity index (χ0v) is 12.3. The Hall–Kier alpha value is -1.82. The van der Waals surface area contributed by atoms with Crippen LogP contribution in [-0.4, -0.2) is 9.78 Å². The van der Waals surface area contributed by atoms with Gasteiger partial charge in [0.2, 0.25) is 0 Å². The van der Waals surface area contributed by atoms with Gasteiger partial charge in [-0.3, -0.25) is 0 Å². The topological polar surface area (TPSA) is 43.8 Å². The predicted molar refractivity (Wildman–Crippen MR) is 75.3 cm³/mol. The number of benzene rings is 1. The van der Waals surface area contributed by atoms with Crippen LogP contribution in [0.15, 0.2) is 18.2 Å². The molecule has 0 spiro atoms. The molecule has 0 saturated carbocycles. The number of alkyl halides is 3. The minimum absolute atomic E-state index is 0.0866. The summed E-state index contributed by atoms with van der Waals surface area (Å²) in [7, 11) is 0. The quantitative estimate of drug-likeness (QED) is 0.942. The van der Waals surface area contributed by atoms with Crippen LogP contribution in [0.5, 0.6) is 0 Å². The van der Waals surface area contributed by atoms with Gasteiger partial charge in [0.05, 0.1) is 16.9 Å². The van der Waals surface area contributed by atoms with E-state index in [1.165, 1.54) is 6.07 Å². The first-order chi connectivity index (χ1) is 9.79. The van der Waals surface area contributed by atoms with Crippen molar-refractivity contribution in [1.29, 1.82) is 0 Å². The van der Waals surface area contributed by atoms with Crippen molar-refractivity contribution < 1.29 is 13.2 Å². The molecule has 114 valence electrons. The Morgan fingerprint density at radius 3 is 2.38 bits per heavy atom.